The molecule has 1 rings (SSSR count). The maximum absolute atomic E-state index is 11.2. The van der Waals surface area contributed by atoms with E-state index < -0.39 is 0 Å². The first-order valence-electron chi connectivity index (χ1n) is 4.96. The Balaban J connectivity index is 2.39. The Kier molecular flexibility index (Phi) is 4.06. The fraction of sp³-hybridized carbons (Fsp3) is 0.727. The van der Waals surface area contributed by atoms with Gasteiger partial charge in [0.05, 0.1) is 0 Å². The van der Waals surface area contributed by atoms with Crippen LogP contribution in [-0.2, 0) is 4.79 Å². The Morgan fingerprint density at radius 2 is 1.83 bits per heavy atom. The molecule has 0 amide bonds. The van der Waals surface area contributed by atoms with Gasteiger partial charge in [0.2, 0.25) is 0 Å². The van der Waals surface area contributed by atoms with E-state index in [1.807, 2.05) is 0 Å². The van der Waals surface area contributed by atoms with E-state index in [0.717, 1.165) is 32.1 Å². The minimum absolute atomic E-state index is 0.463. The second-order valence-corrected chi connectivity index (χ2v) is 3.69. The lowest BCUT2D eigenvalue weighted by Gasteiger charge is -2.05. The zero-order valence-electron chi connectivity index (χ0n) is 7.94. The highest BCUT2D eigenvalue weighted by Crippen LogP contribution is 2.14. The minimum atomic E-state index is 0.463. The molecule has 1 aliphatic carbocycles. The summed E-state index contributed by atoms with van der Waals surface area (Å²) in [5, 5.41) is 0. The quantitative estimate of drug-likeness (QED) is 0.505. The molecule has 0 fully saturated rings. The number of rotatable bonds is 0. The van der Waals surface area contributed by atoms with Gasteiger partial charge < -0.3 is 0 Å². The van der Waals surface area contributed by atoms with Crippen molar-refractivity contribution in [2.24, 2.45) is 0 Å². The molecule has 0 aromatic carbocycles. The molecule has 0 saturated carbocycles. The van der Waals surface area contributed by atoms with Crippen LogP contribution < -0.4 is 0 Å². The largest absolute Gasteiger partial charge is 0.300 e. The summed E-state index contributed by atoms with van der Waals surface area (Å²) in [5.74, 6) is 0.463. The molecule has 68 valence electrons. The van der Waals surface area contributed by atoms with E-state index in [1.54, 1.807) is 0 Å². The Morgan fingerprint density at radius 3 is 2.67 bits per heavy atom. The van der Waals surface area contributed by atoms with E-state index >= 15 is 0 Å². The first-order chi connectivity index (χ1) is 5.79. The average Bonchev–Trinajstić information content (AvgIpc) is 2.04. The third-order valence-electron chi connectivity index (χ3n) is 2.43. The van der Waals surface area contributed by atoms with Gasteiger partial charge in [-0.25, -0.2) is 0 Å². The van der Waals surface area contributed by atoms with Crippen molar-refractivity contribution in [3.05, 3.63) is 11.6 Å². The molecule has 0 saturated heterocycles. The molecule has 12 heavy (non-hydrogen) atoms. The van der Waals surface area contributed by atoms with Crippen molar-refractivity contribution in [1.82, 2.24) is 0 Å². The normalized spacial score (nSPS) is 26.1. The molecule has 0 unspecified atom stereocenters. The van der Waals surface area contributed by atoms with Crippen LogP contribution in [0.25, 0.3) is 0 Å². The number of Topliss-reactive ketones (excluding diaryl/α,β-unsaturated/α-hetero) is 1. The SMILES string of the molecule is C/C1=C\CCCCC(=O)CCC1. The van der Waals surface area contributed by atoms with E-state index in [0.29, 0.717) is 5.78 Å². The number of ketones is 1. The van der Waals surface area contributed by atoms with Crippen molar-refractivity contribution >= 4 is 5.78 Å². The standard InChI is InChI=1S/C11H18O/c1-10-6-3-2-4-8-11(12)9-5-7-10/h6H,2-5,7-9H2,1H3/b10-6+. The van der Waals surface area contributed by atoms with Crippen LogP contribution in [0.1, 0.15) is 51.9 Å². The lowest BCUT2D eigenvalue weighted by molar-refractivity contribution is -0.119. The molecule has 0 N–H and O–H groups in total. The van der Waals surface area contributed by atoms with Gasteiger partial charge in [-0.3, -0.25) is 4.79 Å². The van der Waals surface area contributed by atoms with Crippen LogP contribution in [0.4, 0.5) is 0 Å². The zero-order chi connectivity index (χ0) is 8.81. The fourth-order valence-corrected chi connectivity index (χ4v) is 1.61. The Labute approximate surface area is 74.9 Å². The molecule has 1 nitrogen and oxygen atoms in total. The molecule has 0 aromatic rings. The summed E-state index contributed by atoms with van der Waals surface area (Å²) in [5.41, 5.74) is 1.46. The van der Waals surface area contributed by atoms with Gasteiger partial charge in [-0.05, 0) is 39.0 Å². The molecule has 0 bridgehead atoms. The number of allylic oxidation sites excluding steroid dienone is 2. The van der Waals surface area contributed by atoms with E-state index in [4.69, 9.17) is 0 Å². The predicted molar refractivity (Wildman–Crippen MR) is 51.1 cm³/mol. The lowest BCUT2D eigenvalue weighted by atomic mass is 10.0. The first kappa shape index (κ1) is 9.50. The summed E-state index contributed by atoms with van der Waals surface area (Å²) in [4.78, 5) is 11.2. The van der Waals surface area contributed by atoms with E-state index in [2.05, 4.69) is 13.0 Å². The van der Waals surface area contributed by atoms with Crippen LogP contribution in [0.2, 0.25) is 0 Å². The highest BCUT2D eigenvalue weighted by molar-refractivity contribution is 5.78. The Morgan fingerprint density at radius 1 is 1.08 bits per heavy atom. The molecule has 0 heterocycles. The fourth-order valence-electron chi connectivity index (χ4n) is 1.61. The van der Waals surface area contributed by atoms with Crippen LogP contribution >= 0.6 is 0 Å². The highest BCUT2D eigenvalue weighted by atomic mass is 16.1. The smallest absolute Gasteiger partial charge is 0.132 e. The topological polar surface area (TPSA) is 17.1 Å². The van der Waals surface area contributed by atoms with Crippen LogP contribution in [0.3, 0.4) is 0 Å². The van der Waals surface area contributed by atoms with E-state index in [1.165, 1.54) is 18.4 Å². The van der Waals surface area contributed by atoms with Crippen LogP contribution in [0.15, 0.2) is 11.6 Å². The van der Waals surface area contributed by atoms with Crippen LogP contribution in [0, 0.1) is 0 Å². The maximum atomic E-state index is 11.2. The zero-order valence-corrected chi connectivity index (χ0v) is 7.94. The molecular weight excluding hydrogens is 148 g/mol. The lowest BCUT2D eigenvalue weighted by Crippen LogP contribution is -1.98. The van der Waals surface area contributed by atoms with Crippen molar-refractivity contribution in [3.63, 3.8) is 0 Å². The Bertz CT molecular complexity index is 179. The summed E-state index contributed by atoms with van der Waals surface area (Å²) in [7, 11) is 0. The molecule has 1 aliphatic rings. The average molecular weight is 166 g/mol. The second kappa shape index (κ2) is 5.13. The van der Waals surface area contributed by atoms with Gasteiger partial charge in [0.25, 0.3) is 0 Å². The summed E-state index contributed by atoms with van der Waals surface area (Å²) in [6, 6.07) is 0. The number of hydrogen-bond acceptors (Lipinski definition) is 1. The van der Waals surface area contributed by atoms with Crippen molar-refractivity contribution in [2.75, 3.05) is 0 Å². The highest BCUT2D eigenvalue weighted by Gasteiger charge is 2.03. The van der Waals surface area contributed by atoms with Crippen molar-refractivity contribution < 1.29 is 4.79 Å². The van der Waals surface area contributed by atoms with Crippen molar-refractivity contribution in [1.29, 1.82) is 0 Å². The Hall–Kier alpha value is -0.590. The van der Waals surface area contributed by atoms with E-state index in [-0.39, 0.29) is 0 Å². The van der Waals surface area contributed by atoms with E-state index in [9.17, 15) is 4.79 Å². The molecule has 0 aliphatic heterocycles. The third kappa shape index (κ3) is 3.70. The molecule has 0 radical (unpaired) electrons. The van der Waals surface area contributed by atoms with Crippen LogP contribution in [0.5, 0.6) is 0 Å². The molecule has 0 atom stereocenters. The summed E-state index contributed by atoms with van der Waals surface area (Å²) < 4.78 is 0. The van der Waals surface area contributed by atoms with Gasteiger partial charge in [0.1, 0.15) is 5.78 Å². The summed E-state index contributed by atoms with van der Waals surface area (Å²) in [6.07, 6.45) is 9.55. The predicted octanol–water partition coefficient (Wildman–Crippen LogP) is 3.25. The number of hydrogen-bond donors (Lipinski definition) is 0. The van der Waals surface area contributed by atoms with Crippen LogP contribution in [-0.4, -0.2) is 5.78 Å². The number of carbonyl (C=O) groups excluding carboxylic acids is 1. The van der Waals surface area contributed by atoms with Gasteiger partial charge in [0.15, 0.2) is 0 Å². The number of carbonyl (C=O) groups is 1. The third-order valence-corrected chi connectivity index (χ3v) is 2.43. The molecule has 1 heteroatoms. The second-order valence-electron chi connectivity index (χ2n) is 3.69. The molecule has 0 aromatic heterocycles. The van der Waals surface area contributed by atoms with Gasteiger partial charge in [-0.1, -0.05) is 11.6 Å². The van der Waals surface area contributed by atoms with Gasteiger partial charge >= 0.3 is 0 Å². The van der Waals surface area contributed by atoms with Gasteiger partial charge in [0, 0.05) is 12.8 Å². The minimum Gasteiger partial charge on any atom is -0.300 e. The maximum Gasteiger partial charge on any atom is 0.132 e. The van der Waals surface area contributed by atoms with Gasteiger partial charge in [-0.15, -0.1) is 0 Å². The molecular formula is C11H18O. The first-order valence-corrected chi connectivity index (χ1v) is 4.96. The van der Waals surface area contributed by atoms with Crippen molar-refractivity contribution in [3.8, 4) is 0 Å². The monoisotopic (exact) mass is 166 g/mol. The summed E-state index contributed by atoms with van der Waals surface area (Å²) in [6.45, 7) is 2.17. The van der Waals surface area contributed by atoms with Crippen molar-refractivity contribution in [2.45, 2.75) is 51.9 Å². The molecule has 0 spiro atoms. The van der Waals surface area contributed by atoms with Gasteiger partial charge in [-0.2, -0.15) is 0 Å². The summed E-state index contributed by atoms with van der Waals surface area (Å²) >= 11 is 0.